The standard InChI is InChI=1S/C10H18N4O4/c1-9(15)13(11-17)7-5-3-4-6-8-14(12-18)10(2)16/h3-8H2,1-2H3. The quantitative estimate of drug-likeness (QED) is 0.356. The van der Waals surface area contributed by atoms with Crippen LogP contribution in [0.25, 0.3) is 0 Å². The van der Waals surface area contributed by atoms with Crippen molar-refractivity contribution in [3.05, 3.63) is 9.81 Å². The van der Waals surface area contributed by atoms with Crippen molar-refractivity contribution in [3.8, 4) is 0 Å². The summed E-state index contributed by atoms with van der Waals surface area (Å²) in [4.78, 5) is 42.1. The van der Waals surface area contributed by atoms with Crippen molar-refractivity contribution in [2.24, 2.45) is 10.6 Å². The van der Waals surface area contributed by atoms with Crippen LogP contribution in [0.4, 0.5) is 0 Å². The molecule has 0 aromatic carbocycles. The van der Waals surface area contributed by atoms with Crippen molar-refractivity contribution in [1.82, 2.24) is 10.0 Å². The molecule has 0 heterocycles. The number of nitroso groups, excluding NO2 is 2. The van der Waals surface area contributed by atoms with E-state index in [0.717, 1.165) is 22.9 Å². The van der Waals surface area contributed by atoms with Gasteiger partial charge in [0.1, 0.15) is 0 Å². The van der Waals surface area contributed by atoms with Gasteiger partial charge in [0.15, 0.2) is 0 Å². The Labute approximate surface area is 105 Å². The van der Waals surface area contributed by atoms with Crippen LogP contribution in [0.15, 0.2) is 10.6 Å². The lowest BCUT2D eigenvalue weighted by molar-refractivity contribution is -0.130. The molecule has 0 aromatic heterocycles. The molecular formula is C10H18N4O4. The summed E-state index contributed by atoms with van der Waals surface area (Å²) in [6, 6.07) is 0. The summed E-state index contributed by atoms with van der Waals surface area (Å²) in [5, 5.41) is 6.93. The number of hydrogen-bond donors (Lipinski definition) is 0. The Bertz CT molecular complexity index is 278. The monoisotopic (exact) mass is 258 g/mol. The summed E-state index contributed by atoms with van der Waals surface area (Å²) in [6.45, 7) is 3.14. The molecule has 102 valence electrons. The van der Waals surface area contributed by atoms with Crippen LogP contribution >= 0.6 is 0 Å². The van der Waals surface area contributed by atoms with Crippen LogP contribution in [0.5, 0.6) is 0 Å². The molecule has 0 aliphatic carbocycles. The fraction of sp³-hybridized carbons (Fsp3) is 0.800. The minimum atomic E-state index is -0.377. The smallest absolute Gasteiger partial charge is 0.242 e. The minimum Gasteiger partial charge on any atom is -0.273 e. The number of hydrogen-bond acceptors (Lipinski definition) is 6. The highest BCUT2D eigenvalue weighted by Gasteiger charge is 2.09. The van der Waals surface area contributed by atoms with Crippen LogP contribution in [0.3, 0.4) is 0 Å². The Morgan fingerprint density at radius 2 is 1.11 bits per heavy atom. The first-order valence-electron chi connectivity index (χ1n) is 5.75. The highest BCUT2D eigenvalue weighted by molar-refractivity contribution is 5.72. The van der Waals surface area contributed by atoms with Gasteiger partial charge in [-0.3, -0.25) is 9.59 Å². The maximum absolute atomic E-state index is 10.8. The predicted molar refractivity (Wildman–Crippen MR) is 64.8 cm³/mol. The molecule has 0 radical (unpaired) electrons. The maximum atomic E-state index is 10.8. The molecule has 8 nitrogen and oxygen atoms in total. The number of nitrogens with zero attached hydrogens (tertiary/aromatic N) is 4. The van der Waals surface area contributed by atoms with Crippen LogP contribution in [-0.2, 0) is 9.59 Å². The second-order valence-corrected chi connectivity index (χ2v) is 3.86. The molecule has 0 fully saturated rings. The summed E-state index contributed by atoms with van der Waals surface area (Å²) in [6.07, 6.45) is 2.87. The molecule has 0 unspecified atom stereocenters. The van der Waals surface area contributed by atoms with Gasteiger partial charge in [0.05, 0.1) is 10.6 Å². The summed E-state index contributed by atoms with van der Waals surface area (Å²) < 4.78 is 0. The van der Waals surface area contributed by atoms with Gasteiger partial charge in [0.2, 0.25) is 11.8 Å². The topological polar surface area (TPSA) is 99.5 Å². The summed E-state index contributed by atoms with van der Waals surface area (Å²) in [5.41, 5.74) is 0. The first-order chi connectivity index (χ1) is 8.52. The Balaban J connectivity index is 3.62. The first kappa shape index (κ1) is 16.1. The van der Waals surface area contributed by atoms with Gasteiger partial charge >= 0.3 is 0 Å². The zero-order valence-corrected chi connectivity index (χ0v) is 10.7. The normalized spacial score (nSPS) is 9.67. The van der Waals surface area contributed by atoms with Crippen LogP contribution in [0, 0.1) is 9.81 Å². The molecule has 0 spiro atoms. The second-order valence-electron chi connectivity index (χ2n) is 3.86. The van der Waals surface area contributed by atoms with Crippen molar-refractivity contribution in [3.63, 3.8) is 0 Å². The number of unbranched alkanes of at least 4 members (excludes halogenated alkanes) is 3. The van der Waals surface area contributed by atoms with E-state index in [0.29, 0.717) is 25.9 Å². The van der Waals surface area contributed by atoms with Crippen molar-refractivity contribution in [2.75, 3.05) is 13.1 Å². The van der Waals surface area contributed by atoms with E-state index in [1.54, 1.807) is 0 Å². The van der Waals surface area contributed by atoms with Gasteiger partial charge in [-0.15, -0.1) is 9.81 Å². The third-order valence-corrected chi connectivity index (χ3v) is 2.41. The molecule has 8 heteroatoms. The van der Waals surface area contributed by atoms with Crippen LogP contribution < -0.4 is 0 Å². The fourth-order valence-electron chi connectivity index (χ4n) is 1.39. The van der Waals surface area contributed by atoms with E-state index >= 15 is 0 Å². The lowest BCUT2D eigenvalue weighted by Gasteiger charge is -2.11. The van der Waals surface area contributed by atoms with E-state index in [1.807, 2.05) is 0 Å². The van der Waals surface area contributed by atoms with E-state index < -0.39 is 0 Å². The Morgan fingerprint density at radius 3 is 1.33 bits per heavy atom. The van der Waals surface area contributed by atoms with Crippen molar-refractivity contribution in [2.45, 2.75) is 39.5 Å². The zero-order valence-electron chi connectivity index (χ0n) is 10.7. The molecule has 0 aliphatic rings. The van der Waals surface area contributed by atoms with E-state index in [-0.39, 0.29) is 11.8 Å². The maximum Gasteiger partial charge on any atom is 0.242 e. The number of carbonyl (C=O) groups excluding carboxylic acids is 2. The lowest BCUT2D eigenvalue weighted by atomic mass is 10.2. The number of rotatable bonds is 9. The molecule has 0 aliphatic heterocycles. The SMILES string of the molecule is CC(=O)N(CCCCCCN(N=O)C(C)=O)N=O. The fourth-order valence-corrected chi connectivity index (χ4v) is 1.39. The van der Waals surface area contributed by atoms with Crippen molar-refractivity contribution < 1.29 is 9.59 Å². The summed E-state index contributed by atoms with van der Waals surface area (Å²) in [7, 11) is 0. The van der Waals surface area contributed by atoms with Crippen molar-refractivity contribution in [1.29, 1.82) is 0 Å². The number of amides is 2. The molecule has 0 N–H and O–H groups in total. The minimum absolute atomic E-state index is 0.293. The largest absolute Gasteiger partial charge is 0.273 e. The second kappa shape index (κ2) is 9.20. The van der Waals surface area contributed by atoms with Gasteiger partial charge < -0.3 is 0 Å². The Kier molecular flexibility index (Phi) is 8.25. The first-order valence-corrected chi connectivity index (χ1v) is 5.75. The van der Waals surface area contributed by atoms with Gasteiger partial charge in [0.25, 0.3) is 0 Å². The third kappa shape index (κ3) is 6.66. The molecule has 0 bridgehead atoms. The molecule has 0 rings (SSSR count). The van der Waals surface area contributed by atoms with E-state index in [4.69, 9.17) is 0 Å². The van der Waals surface area contributed by atoms with Gasteiger partial charge in [-0.1, -0.05) is 12.8 Å². The molecule has 2 amide bonds. The van der Waals surface area contributed by atoms with Crippen LogP contribution in [0.2, 0.25) is 0 Å². The summed E-state index contributed by atoms with van der Waals surface area (Å²) >= 11 is 0. The molecule has 0 atom stereocenters. The van der Waals surface area contributed by atoms with Gasteiger partial charge in [-0.2, -0.15) is 10.0 Å². The Hall–Kier alpha value is -1.86. The molecule has 0 saturated heterocycles. The average molecular weight is 258 g/mol. The molecule has 0 saturated carbocycles. The van der Waals surface area contributed by atoms with Crippen molar-refractivity contribution >= 4 is 11.8 Å². The summed E-state index contributed by atoms with van der Waals surface area (Å²) in [5.74, 6) is -0.754. The van der Waals surface area contributed by atoms with E-state index in [9.17, 15) is 19.4 Å². The van der Waals surface area contributed by atoms with E-state index in [2.05, 4.69) is 10.6 Å². The zero-order chi connectivity index (χ0) is 14.0. The molecule has 18 heavy (non-hydrogen) atoms. The van der Waals surface area contributed by atoms with E-state index in [1.165, 1.54) is 13.8 Å². The number of carbonyl (C=O) groups is 2. The Morgan fingerprint density at radius 1 is 0.778 bits per heavy atom. The van der Waals surface area contributed by atoms with Gasteiger partial charge in [0, 0.05) is 26.9 Å². The van der Waals surface area contributed by atoms with Crippen LogP contribution in [0.1, 0.15) is 39.5 Å². The highest BCUT2D eigenvalue weighted by atomic mass is 16.3. The molecular weight excluding hydrogens is 240 g/mol. The van der Waals surface area contributed by atoms with Gasteiger partial charge in [-0.05, 0) is 12.8 Å². The van der Waals surface area contributed by atoms with Crippen LogP contribution in [-0.4, -0.2) is 34.9 Å². The van der Waals surface area contributed by atoms with Gasteiger partial charge in [-0.25, -0.2) is 0 Å². The highest BCUT2D eigenvalue weighted by Crippen LogP contribution is 2.04. The molecule has 0 aromatic rings. The average Bonchev–Trinajstić information content (AvgIpc) is 2.32. The third-order valence-electron chi connectivity index (χ3n) is 2.41. The lowest BCUT2D eigenvalue weighted by Crippen LogP contribution is -2.24. The predicted octanol–water partition coefficient (Wildman–Crippen LogP) is 1.61.